The summed E-state index contributed by atoms with van der Waals surface area (Å²) >= 11 is 0. The lowest BCUT2D eigenvalue weighted by atomic mass is 10.1. The minimum absolute atomic E-state index is 0.286. The molecule has 0 spiro atoms. The molecule has 0 saturated heterocycles. The molecule has 0 unspecified atom stereocenters. The molecule has 1 aromatic carbocycles. The van der Waals surface area contributed by atoms with Gasteiger partial charge < -0.3 is 4.74 Å². The Morgan fingerprint density at radius 3 is 1.96 bits per heavy atom. The third-order valence-electron chi connectivity index (χ3n) is 3.94. The van der Waals surface area contributed by atoms with Crippen LogP contribution >= 0.6 is 0 Å². The Morgan fingerprint density at radius 1 is 1.09 bits per heavy atom. The molecule has 0 aromatic heterocycles. The molecule has 5 nitrogen and oxygen atoms in total. The van der Waals surface area contributed by atoms with Gasteiger partial charge in [-0.3, -0.25) is 4.90 Å². The summed E-state index contributed by atoms with van der Waals surface area (Å²) < 4.78 is 33.0. The quantitative estimate of drug-likeness (QED) is 0.789. The first-order valence-electron chi connectivity index (χ1n) is 8.00. The zero-order valence-electron chi connectivity index (χ0n) is 15.3. The molecule has 0 amide bonds. The fourth-order valence-electron chi connectivity index (χ4n) is 2.89. The summed E-state index contributed by atoms with van der Waals surface area (Å²) in [4.78, 5) is 2.54. The van der Waals surface area contributed by atoms with Crippen molar-refractivity contribution >= 4 is 10.0 Å². The molecule has 132 valence electrons. The van der Waals surface area contributed by atoms with E-state index in [-0.39, 0.29) is 4.90 Å². The van der Waals surface area contributed by atoms with Gasteiger partial charge in [0, 0.05) is 25.2 Å². The Balaban J connectivity index is 2.85. The molecule has 6 heteroatoms. The molecule has 0 atom stereocenters. The van der Waals surface area contributed by atoms with Crippen molar-refractivity contribution in [3.8, 4) is 5.75 Å². The molecule has 0 bridgehead atoms. The number of rotatable bonds is 8. The van der Waals surface area contributed by atoms with Gasteiger partial charge in [0.15, 0.2) is 0 Å². The average Bonchev–Trinajstić information content (AvgIpc) is 2.42. The van der Waals surface area contributed by atoms with Crippen molar-refractivity contribution in [1.82, 2.24) is 9.62 Å². The van der Waals surface area contributed by atoms with E-state index in [0.717, 1.165) is 16.9 Å². The summed E-state index contributed by atoms with van der Waals surface area (Å²) in [5.74, 6) is 0.731. The lowest BCUT2D eigenvalue weighted by Crippen LogP contribution is -2.42. The number of methoxy groups -OCH3 is 1. The van der Waals surface area contributed by atoms with Crippen molar-refractivity contribution in [2.45, 2.75) is 58.5 Å². The van der Waals surface area contributed by atoms with Crippen molar-refractivity contribution < 1.29 is 13.2 Å². The Kier molecular flexibility index (Phi) is 7.04. The minimum Gasteiger partial charge on any atom is -0.496 e. The van der Waals surface area contributed by atoms with E-state index in [1.165, 1.54) is 0 Å². The summed E-state index contributed by atoms with van der Waals surface area (Å²) in [5, 5.41) is 0. The molecule has 0 aliphatic carbocycles. The van der Waals surface area contributed by atoms with Crippen LogP contribution in [-0.4, -0.2) is 45.6 Å². The van der Waals surface area contributed by atoms with Gasteiger partial charge in [-0.05, 0) is 64.8 Å². The maximum Gasteiger partial charge on any atom is 0.240 e. The maximum absolute atomic E-state index is 12.5. The zero-order valence-corrected chi connectivity index (χ0v) is 16.1. The van der Waals surface area contributed by atoms with Gasteiger partial charge in [-0.15, -0.1) is 0 Å². The van der Waals surface area contributed by atoms with E-state index in [1.807, 2.05) is 13.8 Å². The molecule has 0 aliphatic rings. The Hall–Kier alpha value is -1.11. The number of ether oxygens (including phenoxy) is 1. The highest BCUT2D eigenvalue weighted by molar-refractivity contribution is 7.89. The van der Waals surface area contributed by atoms with Gasteiger partial charge in [-0.2, -0.15) is 0 Å². The van der Waals surface area contributed by atoms with Crippen LogP contribution in [0.25, 0.3) is 0 Å². The molecule has 23 heavy (non-hydrogen) atoms. The van der Waals surface area contributed by atoms with Crippen LogP contribution in [0.3, 0.4) is 0 Å². The third kappa shape index (κ3) is 5.19. The summed E-state index contributed by atoms with van der Waals surface area (Å²) in [5.41, 5.74) is 1.64. The number of benzene rings is 1. The molecule has 0 radical (unpaired) electrons. The monoisotopic (exact) mass is 342 g/mol. The number of nitrogens with one attached hydrogen (secondary N) is 1. The summed E-state index contributed by atoms with van der Waals surface area (Å²) in [6, 6.07) is 4.06. The Labute approximate surface area is 141 Å². The van der Waals surface area contributed by atoms with Crippen molar-refractivity contribution in [3.63, 3.8) is 0 Å². The Bertz CT molecular complexity index is 594. The second-order valence-electron chi connectivity index (χ2n) is 6.41. The first kappa shape index (κ1) is 19.9. The minimum atomic E-state index is -3.51. The van der Waals surface area contributed by atoms with E-state index in [1.54, 1.807) is 19.2 Å². The summed E-state index contributed by atoms with van der Waals surface area (Å²) in [7, 11) is -1.92. The average molecular weight is 343 g/mol. The molecule has 1 rings (SSSR count). The zero-order chi connectivity index (χ0) is 17.8. The fraction of sp³-hybridized carbons (Fsp3) is 0.647. The molecule has 0 aliphatic heterocycles. The van der Waals surface area contributed by atoms with Crippen molar-refractivity contribution in [1.29, 1.82) is 0 Å². The van der Waals surface area contributed by atoms with E-state index in [2.05, 4.69) is 37.3 Å². The highest BCUT2D eigenvalue weighted by atomic mass is 32.2. The topological polar surface area (TPSA) is 58.6 Å². The van der Waals surface area contributed by atoms with Gasteiger partial charge in [0.2, 0.25) is 10.0 Å². The maximum atomic E-state index is 12.5. The lowest BCUT2D eigenvalue weighted by molar-refractivity contribution is 0.179. The van der Waals surface area contributed by atoms with E-state index in [0.29, 0.717) is 25.2 Å². The molecular formula is C17H30N2O3S. The highest BCUT2D eigenvalue weighted by Crippen LogP contribution is 2.26. The molecule has 0 saturated carbocycles. The SMILES string of the molecule is COc1c(C)cc(S(=O)(=O)NCCN(C(C)C)C(C)C)cc1C. The molecule has 0 heterocycles. The third-order valence-corrected chi connectivity index (χ3v) is 5.38. The predicted molar refractivity (Wildman–Crippen MR) is 94.6 cm³/mol. The van der Waals surface area contributed by atoms with Crippen LogP contribution in [0.1, 0.15) is 38.8 Å². The van der Waals surface area contributed by atoms with Gasteiger partial charge in [0.05, 0.1) is 12.0 Å². The number of nitrogens with zero attached hydrogens (tertiary/aromatic N) is 1. The van der Waals surface area contributed by atoms with Crippen LogP contribution < -0.4 is 9.46 Å². The smallest absolute Gasteiger partial charge is 0.240 e. The van der Waals surface area contributed by atoms with Crippen molar-refractivity contribution in [2.24, 2.45) is 0 Å². The highest BCUT2D eigenvalue weighted by Gasteiger charge is 2.18. The van der Waals surface area contributed by atoms with E-state index >= 15 is 0 Å². The number of hydrogen-bond donors (Lipinski definition) is 1. The van der Waals surface area contributed by atoms with Crippen LogP contribution in [0.5, 0.6) is 5.75 Å². The van der Waals surface area contributed by atoms with Gasteiger partial charge in [-0.25, -0.2) is 13.1 Å². The number of aryl methyl sites for hydroxylation is 2. The largest absolute Gasteiger partial charge is 0.496 e. The van der Waals surface area contributed by atoms with Gasteiger partial charge in [0.25, 0.3) is 0 Å². The molecule has 1 aromatic rings. The van der Waals surface area contributed by atoms with Crippen molar-refractivity contribution in [2.75, 3.05) is 20.2 Å². The lowest BCUT2D eigenvalue weighted by Gasteiger charge is -2.30. The molecular weight excluding hydrogens is 312 g/mol. The van der Waals surface area contributed by atoms with Gasteiger partial charge in [-0.1, -0.05) is 0 Å². The van der Waals surface area contributed by atoms with E-state index < -0.39 is 10.0 Å². The fourth-order valence-corrected chi connectivity index (χ4v) is 4.08. The predicted octanol–water partition coefficient (Wildman–Crippen LogP) is 2.71. The molecule has 0 fully saturated rings. The molecule has 1 N–H and O–H groups in total. The van der Waals surface area contributed by atoms with Crippen LogP contribution in [0, 0.1) is 13.8 Å². The van der Waals surface area contributed by atoms with E-state index in [4.69, 9.17) is 4.74 Å². The van der Waals surface area contributed by atoms with E-state index in [9.17, 15) is 8.42 Å². The van der Waals surface area contributed by atoms with Gasteiger partial charge in [0.1, 0.15) is 5.75 Å². The second-order valence-corrected chi connectivity index (χ2v) is 8.18. The number of sulfonamides is 1. The number of hydrogen-bond acceptors (Lipinski definition) is 4. The first-order valence-corrected chi connectivity index (χ1v) is 9.49. The van der Waals surface area contributed by atoms with Crippen LogP contribution in [0.4, 0.5) is 0 Å². The summed E-state index contributed by atoms with van der Waals surface area (Å²) in [6.45, 7) is 13.2. The van der Waals surface area contributed by atoms with Gasteiger partial charge >= 0.3 is 0 Å². The van der Waals surface area contributed by atoms with Crippen LogP contribution in [0.15, 0.2) is 17.0 Å². The standard InChI is InChI=1S/C17H30N2O3S/c1-12(2)19(13(3)4)9-8-18-23(20,21)16-10-14(5)17(22-7)15(6)11-16/h10-13,18H,8-9H2,1-7H3. The van der Waals surface area contributed by atoms with Crippen LogP contribution in [-0.2, 0) is 10.0 Å². The normalized spacial score (nSPS) is 12.4. The van der Waals surface area contributed by atoms with Crippen LogP contribution in [0.2, 0.25) is 0 Å². The Morgan fingerprint density at radius 2 is 1.57 bits per heavy atom. The second kappa shape index (κ2) is 8.13. The summed E-state index contributed by atoms with van der Waals surface area (Å²) in [6.07, 6.45) is 0. The van der Waals surface area contributed by atoms with Crippen molar-refractivity contribution in [3.05, 3.63) is 23.3 Å². The first-order chi connectivity index (χ1) is 10.6.